The number of ether oxygens (including phenoxy) is 1. The maximum Gasteiger partial charge on any atom is 0.224 e. The van der Waals surface area contributed by atoms with Gasteiger partial charge in [0.2, 0.25) is 5.91 Å². The summed E-state index contributed by atoms with van der Waals surface area (Å²) in [5.41, 5.74) is 6.47. The summed E-state index contributed by atoms with van der Waals surface area (Å²) in [4.78, 5) is 24.6. The van der Waals surface area contributed by atoms with Gasteiger partial charge in [-0.1, -0.05) is 37.8 Å². The fourth-order valence-corrected chi connectivity index (χ4v) is 7.02. The number of carbonyl (C=O) groups excluding carboxylic acids is 1. The van der Waals surface area contributed by atoms with Crippen molar-refractivity contribution in [3.63, 3.8) is 0 Å². The van der Waals surface area contributed by atoms with E-state index in [1.54, 1.807) is 0 Å². The normalized spacial score (nSPS) is 25.5. The summed E-state index contributed by atoms with van der Waals surface area (Å²) in [7, 11) is 0. The van der Waals surface area contributed by atoms with Crippen molar-refractivity contribution in [1.29, 1.82) is 0 Å². The second-order valence-electron chi connectivity index (χ2n) is 11.8. The zero-order chi connectivity index (χ0) is 28.4. The van der Waals surface area contributed by atoms with Crippen LogP contribution in [0.25, 0.3) is 23.0 Å². The highest BCUT2D eigenvalue weighted by Crippen LogP contribution is 2.54. The number of benzene rings is 1. The van der Waals surface area contributed by atoms with E-state index in [9.17, 15) is 4.79 Å². The molecule has 1 aromatic heterocycles. The summed E-state index contributed by atoms with van der Waals surface area (Å²) in [6.07, 6.45) is 11.7. The number of nitrogens with one attached hydrogen (secondary N) is 2. The number of hydrogen-bond acceptors (Lipinski definition) is 4. The van der Waals surface area contributed by atoms with Gasteiger partial charge in [0.15, 0.2) is 0 Å². The van der Waals surface area contributed by atoms with Gasteiger partial charge in [0, 0.05) is 36.3 Å². The highest BCUT2D eigenvalue weighted by molar-refractivity contribution is 5.82. The largest absolute Gasteiger partial charge is 0.378 e. The Morgan fingerprint density at radius 3 is 2.50 bits per heavy atom. The van der Waals surface area contributed by atoms with E-state index < -0.39 is 0 Å². The molecule has 1 aromatic carbocycles. The molecule has 2 bridgehead atoms. The molecule has 5 unspecified atom stereocenters. The SMILES string of the molecule is C=C/C(C)=C(\c1nc(-c2ccc(N3CCOCC3)cc2)[nH]c1/C=C/C)C(C)C1C2C=CC(C2)C1C(=O)NC(C)C. The molecule has 0 spiro atoms. The number of imidazole rings is 1. The van der Waals surface area contributed by atoms with Crippen molar-refractivity contribution in [2.45, 2.75) is 47.1 Å². The highest BCUT2D eigenvalue weighted by Gasteiger charge is 2.51. The third-order valence-electron chi connectivity index (χ3n) is 8.85. The predicted octanol–water partition coefficient (Wildman–Crippen LogP) is 6.50. The number of allylic oxidation sites excluding steroid dienone is 6. The lowest BCUT2D eigenvalue weighted by molar-refractivity contribution is -0.128. The number of nitrogens with zero attached hydrogens (tertiary/aromatic N) is 2. The average molecular weight is 541 g/mol. The number of amides is 1. The van der Waals surface area contributed by atoms with Crippen molar-refractivity contribution in [1.82, 2.24) is 15.3 Å². The van der Waals surface area contributed by atoms with Gasteiger partial charge in [0.05, 0.1) is 24.6 Å². The van der Waals surface area contributed by atoms with E-state index in [4.69, 9.17) is 9.72 Å². The van der Waals surface area contributed by atoms with Gasteiger partial charge in [0.1, 0.15) is 5.82 Å². The van der Waals surface area contributed by atoms with Crippen LogP contribution in [0.3, 0.4) is 0 Å². The van der Waals surface area contributed by atoms with Crippen LogP contribution < -0.4 is 10.2 Å². The minimum Gasteiger partial charge on any atom is -0.378 e. The standard InChI is InChI=1S/C34H44N4O2/c1-7-9-28-32(37-33(36-28)24-12-14-27(15-13-24)38-16-18-40-19-17-38)29(22(5)8-2)23(6)30-25-10-11-26(20-25)31(30)34(39)35-21(3)4/h7-15,21,23,25-26,30-31H,2,16-20H2,1,3-6H3,(H,35,39)(H,36,37)/b9-7+,29-22-. The summed E-state index contributed by atoms with van der Waals surface area (Å²) in [6, 6.07) is 8.76. The van der Waals surface area contributed by atoms with Gasteiger partial charge in [-0.05, 0) is 99.3 Å². The Kier molecular flexibility index (Phi) is 8.46. The molecule has 1 saturated heterocycles. The topological polar surface area (TPSA) is 70.2 Å². The fraction of sp³-hybridized carbons (Fsp3) is 0.471. The number of fused-ring (bicyclic) bond motifs is 2. The molecular formula is C34H44N4O2. The number of carbonyl (C=O) groups is 1. The van der Waals surface area contributed by atoms with Crippen molar-refractivity contribution < 1.29 is 9.53 Å². The minimum absolute atomic E-state index is 0.0312. The van der Waals surface area contributed by atoms with Gasteiger partial charge in [-0.2, -0.15) is 0 Å². The number of hydrogen-bond donors (Lipinski definition) is 2. The summed E-state index contributed by atoms with van der Waals surface area (Å²) in [6.45, 7) is 18.0. The first-order valence-corrected chi connectivity index (χ1v) is 14.8. The second kappa shape index (κ2) is 12.0. The average Bonchev–Trinajstić information content (AvgIpc) is 3.69. The van der Waals surface area contributed by atoms with Gasteiger partial charge >= 0.3 is 0 Å². The predicted molar refractivity (Wildman–Crippen MR) is 165 cm³/mol. The lowest BCUT2D eigenvalue weighted by Crippen LogP contribution is -2.42. The van der Waals surface area contributed by atoms with Crippen molar-refractivity contribution in [3.05, 3.63) is 72.1 Å². The number of aromatic nitrogens is 2. The van der Waals surface area contributed by atoms with Gasteiger partial charge in [0.25, 0.3) is 0 Å². The first-order chi connectivity index (χ1) is 19.3. The molecule has 2 fully saturated rings. The molecule has 0 radical (unpaired) electrons. The van der Waals surface area contributed by atoms with E-state index in [0.29, 0.717) is 11.8 Å². The fourth-order valence-electron chi connectivity index (χ4n) is 7.02. The van der Waals surface area contributed by atoms with Crippen LogP contribution in [0.4, 0.5) is 5.69 Å². The van der Waals surface area contributed by atoms with Crippen molar-refractivity contribution in [2.24, 2.45) is 29.6 Å². The van der Waals surface area contributed by atoms with Gasteiger partial charge in [-0.3, -0.25) is 4.79 Å². The molecule has 6 nitrogen and oxygen atoms in total. The van der Waals surface area contributed by atoms with Gasteiger partial charge in [-0.25, -0.2) is 4.98 Å². The zero-order valence-corrected chi connectivity index (χ0v) is 24.6. The molecule has 1 amide bonds. The molecule has 2 aromatic rings. The molecule has 2 aliphatic carbocycles. The monoisotopic (exact) mass is 540 g/mol. The van der Waals surface area contributed by atoms with E-state index in [1.165, 1.54) is 11.3 Å². The molecule has 212 valence electrons. The molecule has 5 atom stereocenters. The first-order valence-electron chi connectivity index (χ1n) is 14.8. The smallest absolute Gasteiger partial charge is 0.224 e. The third-order valence-corrected chi connectivity index (χ3v) is 8.85. The number of H-pyrrole nitrogens is 1. The quantitative estimate of drug-likeness (QED) is 0.281. The van der Waals surface area contributed by atoms with E-state index in [1.807, 2.05) is 32.9 Å². The third kappa shape index (κ3) is 5.46. The van der Waals surface area contributed by atoms with Crippen LogP contribution in [-0.4, -0.2) is 48.2 Å². The lowest BCUT2D eigenvalue weighted by Gasteiger charge is -2.34. The van der Waals surface area contributed by atoms with E-state index in [0.717, 1.165) is 61.1 Å². The molecule has 5 rings (SSSR count). The minimum atomic E-state index is -0.0312. The van der Waals surface area contributed by atoms with Crippen molar-refractivity contribution in [2.75, 3.05) is 31.2 Å². The number of aromatic amines is 1. The Morgan fingerprint density at radius 2 is 1.85 bits per heavy atom. The molecule has 40 heavy (non-hydrogen) atoms. The Morgan fingerprint density at radius 1 is 1.15 bits per heavy atom. The number of rotatable bonds is 9. The summed E-state index contributed by atoms with van der Waals surface area (Å²) in [5, 5.41) is 3.21. The summed E-state index contributed by atoms with van der Waals surface area (Å²) >= 11 is 0. The Labute approximate surface area is 239 Å². The van der Waals surface area contributed by atoms with Crippen LogP contribution in [0, 0.1) is 29.6 Å². The zero-order valence-electron chi connectivity index (χ0n) is 24.6. The molecule has 2 heterocycles. The molecule has 3 aliphatic rings. The molecule has 1 saturated carbocycles. The van der Waals surface area contributed by atoms with Crippen LogP contribution in [0.1, 0.15) is 52.4 Å². The van der Waals surface area contributed by atoms with Crippen LogP contribution in [-0.2, 0) is 9.53 Å². The van der Waals surface area contributed by atoms with Crippen molar-refractivity contribution >= 4 is 23.2 Å². The van der Waals surface area contributed by atoms with Crippen LogP contribution in [0.15, 0.2) is 60.7 Å². The number of anilines is 1. The Bertz CT molecular complexity index is 1310. The van der Waals surface area contributed by atoms with E-state index in [2.05, 4.69) is 78.1 Å². The van der Waals surface area contributed by atoms with Crippen molar-refractivity contribution in [3.8, 4) is 11.4 Å². The van der Waals surface area contributed by atoms with Gasteiger partial charge in [-0.15, -0.1) is 0 Å². The second-order valence-corrected chi connectivity index (χ2v) is 11.8. The molecule has 1 aliphatic heterocycles. The van der Waals surface area contributed by atoms with Crippen LogP contribution >= 0.6 is 0 Å². The van der Waals surface area contributed by atoms with E-state index >= 15 is 0 Å². The summed E-state index contributed by atoms with van der Waals surface area (Å²) in [5.74, 6) is 2.03. The molecular weight excluding hydrogens is 496 g/mol. The van der Waals surface area contributed by atoms with Crippen LogP contribution in [0.5, 0.6) is 0 Å². The lowest BCUT2D eigenvalue weighted by atomic mass is 9.71. The molecule has 6 heteroatoms. The Hall–Kier alpha value is -3.38. The highest BCUT2D eigenvalue weighted by atomic mass is 16.5. The van der Waals surface area contributed by atoms with Gasteiger partial charge < -0.3 is 19.9 Å². The first kappa shape index (κ1) is 28.2. The van der Waals surface area contributed by atoms with E-state index in [-0.39, 0.29) is 29.7 Å². The van der Waals surface area contributed by atoms with Crippen LogP contribution in [0.2, 0.25) is 0 Å². The number of morpholine rings is 1. The molecule has 2 N–H and O–H groups in total. The summed E-state index contributed by atoms with van der Waals surface area (Å²) < 4.78 is 5.51. The maximum atomic E-state index is 13.4. The Balaban J connectivity index is 1.50. The maximum absolute atomic E-state index is 13.4.